The van der Waals surface area contributed by atoms with Gasteiger partial charge in [0.2, 0.25) is 0 Å². The SMILES string of the molecule is CCc1ccc(S(=O)(=O)Nc2cccc(F)c2C(N)=S)s1. The normalized spacial score (nSPS) is 11.3. The van der Waals surface area contributed by atoms with Crippen LogP contribution in [0.2, 0.25) is 0 Å². The second-order valence-corrected chi connectivity index (χ2v) is 7.72. The predicted octanol–water partition coefficient (Wildman–Crippen LogP) is 2.88. The third kappa shape index (κ3) is 3.39. The van der Waals surface area contributed by atoms with Crippen molar-refractivity contribution in [1.82, 2.24) is 0 Å². The van der Waals surface area contributed by atoms with Gasteiger partial charge in [0.25, 0.3) is 10.0 Å². The van der Waals surface area contributed by atoms with Gasteiger partial charge in [0.15, 0.2) is 0 Å². The second-order valence-electron chi connectivity index (χ2n) is 4.21. The smallest absolute Gasteiger partial charge is 0.271 e. The minimum absolute atomic E-state index is 0.0361. The van der Waals surface area contributed by atoms with E-state index in [1.807, 2.05) is 6.92 Å². The van der Waals surface area contributed by atoms with Gasteiger partial charge in [-0.2, -0.15) is 0 Å². The van der Waals surface area contributed by atoms with Crippen molar-refractivity contribution in [2.24, 2.45) is 5.73 Å². The van der Waals surface area contributed by atoms with Crippen LogP contribution < -0.4 is 10.5 Å². The van der Waals surface area contributed by atoms with Gasteiger partial charge in [-0.25, -0.2) is 12.8 Å². The number of rotatable bonds is 5. The first-order chi connectivity index (χ1) is 9.85. The molecule has 2 rings (SSSR count). The average molecular weight is 344 g/mol. The first kappa shape index (κ1) is 15.9. The Morgan fingerprint density at radius 2 is 2.10 bits per heavy atom. The Morgan fingerprint density at radius 3 is 2.67 bits per heavy atom. The van der Waals surface area contributed by atoms with E-state index in [0.717, 1.165) is 11.3 Å². The van der Waals surface area contributed by atoms with Gasteiger partial charge in [0, 0.05) is 4.88 Å². The summed E-state index contributed by atoms with van der Waals surface area (Å²) >= 11 is 5.94. The van der Waals surface area contributed by atoms with Crippen molar-refractivity contribution in [3.63, 3.8) is 0 Å². The molecule has 0 atom stereocenters. The zero-order valence-corrected chi connectivity index (χ0v) is 13.5. The lowest BCUT2D eigenvalue weighted by molar-refractivity contribution is 0.603. The van der Waals surface area contributed by atoms with Gasteiger partial charge >= 0.3 is 0 Å². The van der Waals surface area contributed by atoms with E-state index in [2.05, 4.69) is 4.72 Å². The maximum absolute atomic E-state index is 13.7. The van der Waals surface area contributed by atoms with E-state index >= 15 is 0 Å². The Morgan fingerprint density at radius 1 is 1.38 bits per heavy atom. The molecule has 0 aliphatic carbocycles. The third-order valence-electron chi connectivity index (χ3n) is 2.75. The summed E-state index contributed by atoms with van der Waals surface area (Å²) in [6.07, 6.45) is 0.748. The maximum atomic E-state index is 13.7. The molecular formula is C13H13FN2O2S3. The van der Waals surface area contributed by atoms with Crippen LogP contribution in [0.4, 0.5) is 10.1 Å². The number of thiocarbonyl (C=S) groups is 1. The van der Waals surface area contributed by atoms with Crippen molar-refractivity contribution >= 4 is 44.3 Å². The van der Waals surface area contributed by atoms with Crippen LogP contribution in [0.3, 0.4) is 0 Å². The van der Waals surface area contributed by atoms with Gasteiger partial charge in [-0.15, -0.1) is 11.3 Å². The molecule has 1 aromatic heterocycles. The highest BCUT2D eigenvalue weighted by Gasteiger charge is 2.20. The number of anilines is 1. The molecule has 21 heavy (non-hydrogen) atoms. The fourth-order valence-corrected chi connectivity index (χ4v) is 4.32. The molecular weight excluding hydrogens is 331 g/mol. The van der Waals surface area contributed by atoms with Gasteiger partial charge in [-0.1, -0.05) is 25.2 Å². The molecule has 0 saturated carbocycles. The average Bonchev–Trinajstić information content (AvgIpc) is 2.87. The first-order valence-electron chi connectivity index (χ1n) is 6.05. The van der Waals surface area contributed by atoms with Crippen LogP contribution in [0.15, 0.2) is 34.5 Å². The number of hydrogen-bond donors (Lipinski definition) is 2. The minimum atomic E-state index is -3.79. The van der Waals surface area contributed by atoms with E-state index in [1.165, 1.54) is 35.6 Å². The van der Waals surface area contributed by atoms with Crippen molar-refractivity contribution in [2.75, 3.05) is 4.72 Å². The quantitative estimate of drug-likeness (QED) is 0.818. The van der Waals surface area contributed by atoms with Crippen molar-refractivity contribution in [1.29, 1.82) is 0 Å². The third-order valence-corrected chi connectivity index (χ3v) is 6.05. The summed E-state index contributed by atoms with van der Waals surface area (Å²) in [6.45, 7) is 1.94. The molecule has 4 nitrogen and oxygen atoms in total. The fourth-order valence-electron chi connectivity index (χ4n) is 1.75. The van der Waals surface area contributed by atoms with Crippen molar-refractivity contribution in [2.45, 2.75) is 17.6 Å². The molecule has 0 aliphatic heterocycles. The van der Waals surface area contributed by atoms with Crippen molar-refractivity contribution in [3.8, 4) is 0 Å². The van der Waals surface area contributed by atoms with Crippen LogP contribution in [0.25, 0.3) is 0 Å². The Hall–Kier alpha value is -1.51. The number of aryl methyl sites for hydroxylation is 1. The molecule has 0 saturated heterocycles. The minimum Gasteiger partial charge on any atom is -0.389 e. The highest BCUT2D eigenvalue weighted by Crippen LogP contribution is 2.26. The van der Waals surface area contributed by atoms with Gasteiger partial charge in [0.05, 0.1) is 11.3 Å². The number of halogens is 1. The van der Waals surface area contributed by atoms with E-state index < -0.39 is 15.8 Å². The number of hydrogen-bond acceptors (Lipinski definition) is 4. The zero-order chi connectivity index (χ0) is 15.6. The summed E-state index contributed by atoms with van der Waals surface area (Å²) in [7, 11) is -3.79. The topological polar surface area (TPSA) is 72.2 Å². The van der Waals surface area contributed by atoms with Crippen LogP contribution in [-0.4, -0.2) is 13.4 Å². The first-order valence-corrected chi connectivity index (χ1v) is 8.75. The summed E-state index contributed by atoms with van der Waals surface area (Å²) in [5.74, 6) is -0.664. The number of benzene rings is 1. The molecule has 0 spiro atoms. The van der Waals surface area contributed by atoms with E-state index in [1.54, 1.807) is 6.07 Å². The second kappa shape index (κ2) is 6.08. The lowest BCUT2D eigenvalue weighted by Crippen LogP contribution is -2.18. The molecule has 2 aromatic rings. The molecule has 0 aliphatic rings. The summed E-state index contributed by atoms with van der Waals surface area (Å²) in [5.41, 5.74) is 5.39. The molecule has 1 aromatic carbocycles. The monoisotopic (exact) mass is 344 g/mol. The van der Waals surface area contributed by atoms with Crippen LogP contribution in [-0.2, 0) is 16.4 Å². The number of nitrogens with one attached hydrogen (secondary N) is 1. The van der Waals surface area contributed by atoms with Crippen molar-refractivity contribution < 1.29 is 12.8 Å². The van der Waals surface area contributed by atoms with Crippen LogP contribution in [0, 0.1) is 5.82 Å². The number of thiophene rings is 1. The van der Waals surface area contributed by atoms with E-state index in [-0.39, 0.29) is 20.4 Å². The summed E-state index contributed by atoms with van der Waals surface area (Å²) in [4.78, 5) is 0.746. The summed E-state index contributed by atoms with van der Waals surface area (Å²) < 4.78 is 40.9. The predicted molar refractivity (Wildman–Crippen MR) is 86.8 cm³/mol. The van der Waals surface area contributed by atoms with Gasteiger partial charge < -0.3 is 5.73 Å². The van der Waals surface area contributed by atoms with Gasteiger partial charge in [-0.05, 0) is 30.7 Å². The van der Waals surface area contributed by atoms with Crippen LogP contribution in [0.1, 0.15) is 17.4 Å². The highest BCUT2D eigenvalue weighted by atomic mass is 32.2. The molecule has 0 radical (unpaired) electrons. The molecule has 0 unspecified atom stereocenters. The Bertz CT molecular complexity index is 784. The lowest BCUT2D eigenvalue weighted by atomic mass is 10.2. The van der Waals surface area contributed by atoms with Gasteiger partial charge in [-0.3, -0.25) is 4.72 Å². The Kier molecular flexibility index (Phi) is 4.60. The van der Waals surface area contributed by atoms with Crippen LogP contribution in [0.5, 0.6) is 0 Å². The lowest BCUT2D eigenvalue weighted by Gasteiger charge is -2.11. The summed E-state index contributed by atoms with van der Waals surface area (Å²) in [5, 5.41) is 0. The maximum Gasteiger partial charge on any atom is 0.271 e. The largest absolute Gasteiger partial charge is 0.389 e. The fraction of sp³-hybridized carbons (Fsp3) is 0.154. The molecule has 3 N–H and O–H groups in total. The number of nitrogens with two attached hydrogens (primary N) is 1. The van der Waals surface area contributed by atoms with E-state index in [0.29, 0.717) is 0 Å². The van der Waals surface area contributed by atoms with Crippen molar-refractivity contribution in [3.05, 3.63) is 46.6 Å². The zero-order valence-electron chi connectivity index (χ0n) is 11.1. The van der Waals surface area contributed by atoms with Crippen LogP contribution >= 0.6 is 23.6 Å². The standard InChI is InChI=1S/C13H13FN2O2S3/c1-2-8-6-7-11(20-8)21(17,18)16-10-5-3-4-9(14)12(10)13(15)19/h3-7,16H,2H2,1H3,(H2,15,19). The molecule has 1 heterocycles. The molecule has 112 valence electrons. The highest BCUT2D eigenvalue weighted by molar-refractivity contribution is 7.94. The van der Waals surface area contributed by atoms with Gasteiger partial charge in [0.1, 0.15) is 15.0 Å². The Balaban J connectivity index is 2.42. The molecule has 8 heteroatoms. The van der Waals surface area contributed by atoms with E-state index in [4.69, 9.17) is 18.0 Å². The molecule has 0 fully saturated rings. The molecule has 0 amide bonds. The number of sulfonamides is 1. The summed E-state index contributed by atoms with van der Waals surface area (Å²) in [6, 6.07) is 7.25. The van der Waals surface area contributed by atoms with E-state index in [9.17, 15) is 12.8 Å². The Labute approximate surface area is 131 Å². The molecule has 0 bridgehead atoms.